The molecule has 2 rings (SSSR count). The van der Waals surface area contributed by atoms with Gasteiger partial charge in [-0.3, -0.25) is 0 Å². The van der Waals surface area contributed by atoms with E-state index in [1.165, 1.54) is 0 Å². The molecule has 4 heteroatoms. The molecule has 0 bridgehead atoms. The normalized spacial score (nSPS) is 14.0. The third-order valence-electron chi connectivity index (χ3n) is 1.79. The molecule has 0 radical (unpaired) electrons. The number of fused-ring (bicyclic) bond motifs is 1. The molecule has 0 amide bonds. The van der Waals surface area contributed by atoms with E-state index in [1.807, 2.05) is 0 Å². The molecular weight excluding hydrogens is 192 g/mol. The minimum absolute atomic E-state index is 0.325. The summed E-state index contributed by atoms with van der Waals surface area (Å²) in [6.07, 6.45) is 2.76. The highest BCUT2D eigenvalue weighted by Gasteiger charge is 2.18. The minimum Gasteiger partial charge on any atom is -0.243 e. The molecule has 1 aliphatic heterocycles. The van der Waals surface area contributed by atoms with E-state index in [1.54, 1.807) is 18.0 Å². The van der Waals surface area contributed by atoms with E-state index in [0.717, 1.165) is 22.6 Å². The van der Waals surface area contributed by atoms with Crippen LogP contribution in [0.25, 0.3) is 0 Å². The van der Waals surface area contributed by atoms with Crippen LogP contribution in [0.15, 0.2) is 11.1 Å². The number of aryl methyl sites for hydroxylation is 1. The molecule has 0 aliphatic carbocycles. The maximum atomic E-state index is 8.79. The zero-order valence-corrected chi connectivity index (χ0v) is 7.74. The Morgan fingerprint density at radius 3 is 3.25 bits per heavy atom. The predicted molar refractivity (Wildman–Crippen MR) is 48.4 cm³/mol. The van der Waals surface area contributed by atoms with Crippen molar-refractivity contribution in [3.05, 3.63) is 22.5 Å². The van der Waals surface area contributed by atoms with E-state index in [-0.39, 0.29) is 0 Å². The molecule has 0 spiro atoms. The number of hydrogen-bond acceptors (Lipinski definition) is 3. The van der Waals surface area contributed by atoms with Crippen LogP contribution in [0.3, 0.4) is 0 Å². The van der Waals surface area contributed by atoms with E-state index in [0.29, 0.717) is 10.7 Å². The van der Waals surface area contributed by atoms with Gasteiger partial charge in [0.15, 0.2) is 0 Å². The van der Waals surface area contributed by atoms with E-state index >= 15 is 0 Å². The van der Waals surface area contributed by atoms with Crippen molar-refractivity contribution in [2.24, 2.45) is 0 Å². The first-order valence-corrected chi connectivity index (χ1v) is 4.89. The van der Waals surface area contributed by atoms with Crippen LogP contribution in [0.5, 0.6) is 0 Å². The number of hydrogen-bond donors (Lipinski definition) is 0. The maximum absolute atomic E-state index is 8.79. The van der Waals surface area contributed by atoms with E-state index in [9.17, 15) is 0 Å². The summed E-state index contributed by atoms with van der Waals surface area (Å²) in [6, 6.07) is 2.08. The van der Waals surface area contributed by atoms with Crippen LogP contribution < -0.4 is 0 Å². The number of thioether (sulfide) groups is 1. The number of rotatable bonds is 0. The highest BCUT2D eigenvalue weighted by Crippen LogP contribution is 2.35. The van der Waals surface area contributed by atoms with Crippen molar-refractivity contribution in [2.75, 3.05) is 5.75 Å². The van der Waals surface area contributed by atoms with Gasteiger partial charge in [-0.25, -0.2) is 4.98 Å². The number of halogens is 1. The van der Waals surface area contributed by atoms with E-state index < -0.39 is 0 Å². The van der Waals surface area contributed by atoms with E-state index in [2.05, 4.69) is 11.1 Å². The molecule has 2 nitrogen and oxygen atoms in total. The lowest BCUT2D eigenvalue weighted by Crippen LogP contribution is -1.89. The Balaban J connectivity index is 2.67. The summed E-state index contributed by atoms with van der Waals surface area (Å²) in [5.74, 6) is 1.03. The number of nitrogens with zero attached hydrogens (tertiary/aromatic N) is 2. The highest BCUT2D eigenvalue weighted by atomic mass is 35.5. The maximum Gasteiger partial charge on any atom is 0.147 e. The van der Waals surface area contributed by atoms with Gasteiger partial charge in [-0.05, 0) is 12.0 Å². The van der Waals surface area contributed by atoms with Gasteiger partial charge in [0.1, 0.15) is 16.8 Å². The zero-order chi connectivity index (χ0) is 8.55. The van der Waals surface area contributed by atoms with Gasteiger partial charge in [-0.1, -0.05) is 11.6 Å². The Hall–Kier alpha value is -0.720. The van der Waals surface area contributed by atoms with Crippen molar-refractivity contribution in [3.8, 4) is 6.07 Å². The summed E-state index contributed by atoms with van der Waals surface area (Å²) >= 11 is 7.45. The molecule has 0 atom stereocenters. The van der Waals surface area contributed by atoms with Gasteiger partial charge in [-0.15, -0.1) is 11.8 Å². The molecule has 0 saturated heterocycles. The van der Waals surface area contributed by atoms with Crippen LogP contribution in [0.2, 0.25) is 5.15 Å². The summed E-state index contributed by atoms with van der Waals surface area (Å²) in [4.78, 5) is 4.98. The predicted octanol–water partition coefficient (Wildman–Crippen LogP) is 2.25. The van der Waals surface area contributed by atoms with Crippen molar-refractivity contribution in [3.63, 3.8) is 0 Å². The van der Waals surface area contributed by atoms with Crippen molar-refractivity contribution >= 4 is 23.4 Å². The fourth-order valence-electron chi connectivity index (χ4n) is 1.21. The SMILES string of the molecule is N#Cc1c(Cl)ncc2c1SCC2. The van der Waals surface area contributed by atoms with Crippen LogP contribution in [0.4, 0.5) is 0 Å². The number of nitriles is 1. The molecule has 1 aromatic rings. The molecule has 1 aliphatic rings. The van der Waals surface area contributed by atoms with Crippen LogP contribution in [-0.4, -0.2) is 10.7 Å². The van der Waals surface area contributed by atoms with Crippen molar-refractivity contribution in [1.29, 1.82) is 5.26 Å². The second-order valence-electron chi connectivity index (χ2n) is 2.49. The molecule has 1 aromatic heterocycles. The van der Waals surface area contributed by atoms with Crippen molar-refractivity contribution < 1.29 is 0 Å². The Morgan fingerprint density at radius 2 is 2.50 bits per heavy atom. The van der Waals surface area contributed by atoms with Crippen LogP contribution in [0, 0.1) is 11.3 Å². The average molecular weight is 197 g/mol. The summed E-state index contributed by atoms with van der Waals surface area (Å²) in [5, 5.41) is 9.12. The van der Waals surface area contributed by atoms with Gasteiger partial charge in [-0.2, -0.15) is 5.26 Å². The monoisotopic (exact) mass is 196 g/mol. The second-order valence-corrected chi connectivity index (χ2v) is 3.95. The first-order valence-electron chi connectivity index (χ1n) is 3.53. The molecule has 12 heavy (non-hydrogen) atoms. The van der Waals surface area contributed by atoms with Gasteiger partial charge < -0.3 is 0 Å². The standard InChI is InChI=1S/C8H5ClN2S/c9-8-6(3-10)7-5(4-11-8)1-2-12-7/h4H,1-2H2. The van der Waals surface area contributed by atoms with Crippen LogP contribution in [0.1, 0.15) is 11.1 Å². The fourth-order valence-corrected chi connectivity index (χ4v) is 2.61. The first kappa shape index (κ1) is 7.90. The smallest absolute Gasteiger partial charge is 0.147 e. The second kappa shape index (κ2) is 2.96. The Bertz CT molecular complexity index is 370. The molecular formula is C8H5ClN2S. The molecule has 0 aromatic carbocycles. The molecule has 60 valence electrons. The van der Waals surface area contributed by atoms with Crippen LogP contribution >= 0.6 is 23.4 Å². The lowest BCUT2D eigenvalue weighted by Gasteiger charge is -2.00. The topological polar surface area (TPSA) is 36.7 Å². The summed E-state index contributed by atoms with van der Waals surface area (Å²) in [5.41, 5.74) is 1.69. The van der Waals surface area contributed by atoms with Crippen molar-refractivity contribution in [2.45, 2.75) is 11.3 Å². The number of pyridine rings is 1. The Kier molecular flexibility index (Phi) is 1.95. The van der Waals surface area contributed by atoms with Gasteiger partial charge in [0.05, 0.1) is 0 Å². The lowest BCUT2D eigenvalue weighted by molar-refractivity contribution is 1.08. The van der Waals surface area contributed by atoms with Gasteiger partial charge >= 0.3 is 0 Å². The fraction of sp³-hybridized carbons (Fsp3) is 0.250. The highest BCUT2D eigenvalue weighted by molar-refractivity contribution is 7.99. The summed E-state index contributed by atoms with van der Waals surface area (Å²) in [6.45, 7) is 0. The third-order valence-corrected chi connectivity index (χ3v) is 3.24. The van der Waals surface area contributed by atoms with Crippen molar-refractivity contribution in [1.82, 2.24) is 4.98 Å². The largest absolute Gasteiger partial charge is 0.243 e. The summed E-state index contributed by atoms with van der Waals surface area (Å²) in [7, 11) is 0. The third kappa shape index (κ3) is 1.08. The quantitative estimate of drug-likeness (QED) is 0.598. The van der Waals surface area contributed by atoms with E-state index in [4.69, 9.17) is 16.9 Å². The molecule has 0 saturated carbocycles. The van der Waals surface area contributed by atoms with Gasteiger partial charge in [0.25, 0.3) is 0 Å². The van der Waals surface area contributed by atoms with Gasteiger partial charge in [0.2, 0.25) is 0 Å². The molecule has 0 fully saturated rings. The minimum atomic E-state index is 0.325. The molecule has 0 N–H and O–H groups in total. The Morgan fingerprint density at radius 1 is 1.67 bits per heavy atom. The van der Waals surface area contributed by atoms with Gasteiger partial charge in [0, 0.05) is 16.8 Å². The summed E-state index contributed by atoms with van der Waals surface area (Å²) < 4.78 is 0. The number of aromatic nitrogens is 1. The first-order chi connectivity index (χ1) is 5.83. The molecule has 0 unspecified atom stereocenters. The van der Waals surface area contributed by atoms with Crippen LogP contribution in [-0.2, 0) is 6.42 Å². The molecule has 2 heterocycles. The Labute approximate surface area is 79.6 Å². The average Bonchev–Trinajstić information content (AvgIpc) is 2.52. The lowest BCUT2D eigenvalue weighted by atomic mass is 10.2. The zero-order valence-electron chi connectivity index (χ0n) is 6.17.